The Hall–Kier alpha value is -1.41. The monoisotopic (exact) mass is 437 g/mol. The number of ether oxygens (including phenoxy) is 1. The summed E-state index contributed by atoms with van der Waals surface area (Å²) in [6, 6.07) is 6.26. The highest BCUT2D eigenvalue weighted by Crippen LogP contribution is 2.25. The molecule has 1 N–H and O–H groups in total. The van der Waals surface area contributed by atoms with E-state index in [0.29, 0.717) is 20.3 Å². The fourth-order valence-electron chi connectivity index (χ4n) is 1.82. The molecular weight excluding hydrogens is 428 g/mol. The number of aryl methyl sites for hydroxylation is 1. The van der Waals surface area contributed by atoms with Gasteiger partial charge in [0, 0.05) is 22.1 Å². The third kappa shape index (κ3) is 4.30. The van der Waals surface area contributed by atoms with Gasteiger partial charge in [-0.2, -0.15) is 8.78 Å². The van der Waals surface area contributed by atoms with Crippen molar-refractivity contribution >= 4 is 37.8 Å². The first-order chi connectivity index (χ1) is 10.4. The molecule has 118 valence electrons. The van der Waals surface area contributed by atoms with Gasteiger partial charge in [0.2, 0.25) is 0 Å². The van der Waals surface area contributed by atoms with E-state index < -0.39 is 12.5 Å². The molecule has 0 fully saturated rings. The molecule has 0 aliphatic rings. The second kappa shape index (κ2) is 7.23. The van der Waals surface area contributed by atoms with Gasteiger partial charge < -0.3 is 14.5 Å². The number of halogens is 4. The van der Waals surface area contributed by atoms with Crippen LogP contribution < -0.4 is 10.1 Å². The molecule has 2 rings (SSSR count). The molecule has 0 bridgehead atoms. The lowest BCUT2D eigenvalue weighted by Gasteiger charge is -2.11. The molecule has 8 heteroatoms. The van der Waals surface area contributed by atoms with E-state index in [-0.39, 0.29) is 18.1 Å². The summed E-state index contributed by atoms with van der Waals surface area (Å²) in [7, 11) is 0. The quantitative estimate of drug-likeness (QED) is 0.739. The first-order valence-electron chi connectivity index (χ1n) is 6.14. The molecule has 0 aliphatic heterocycles. The molecule has 0 atom stereocenters. The van der Waals surface area contributed by atoms with E-state index >= 15 is 0 Å². The fourth-order valence-corrected chi connectivity index (χ4v) is 2.74. The molecule has 1 amide bonds. The normalized spacial score (nSPS) is 10.8. The Morgan fingerprint density at radius 1 is 1.36 bits per heavy atom. The summed E-state index contributed by atoms with van der Waals surface area (Å²) in [4.78, 5) is 12.0. The van der Waals surface area contributed by atoms with Gasteiger partial charge in [0.1, 0.15) is 5.75 Å². The molecule has 0 spiro atoms. The zero-order valence-corrected chi connectivity index (χ0v) is 14.5. The van der Waals surface area contributed by atoms with Crippen LogP contribution in [0, 0.1) is 6.92 Å². The Labute approximate surface area is 142 Å². The minimum atomic E-state index is -2.93. The molecule has 0 radical (unpaired) electrons. The van der Waals surface area contributed by atoms with Crippen molar-refractivity contribution in [2.75, 3.05) is 0 Å². The van der Waals surface area contributed by atoms with Gasteiger partial charge in [-0.3, -0.25) is 4.79 Å². The SMILES string of the molecule is Cc1cc(Br)oc1C(=O)NCc1cc(Br)ccc1OC(F)F. The van der Waals surface area contributed by atoms with Crippen LogP contribution in [0.4, 0.5) is 8.78 Å². The largest absolute Gasteiger partial charge is 0.444 e. The maximum Gasteiger partial charge on any atom is 0.387 e. The molecule has 1 aromatic carbocycles. The van der Waals surface area contributed by atoms with Crippen LogP contribution in [0.1, 0.15) is 21.7 Å². The third-order valence-corrected chi connectivity index (χ3v) is 3.66. The molecule has 2 aromatic rings. The number of nitrogens with one attached hydrogen (secondary N) is 1. The standard InChI is InChI=1S/C14H11Br2F2NO3/c1-7-4-11(16)22-12(7)13(20)19-6-8-5-9(15)2-3-10(8)21-14(17)18/h2-5,14H,6H2,1H3,(H,19,20). The van der Waals surface area contributed by atoms with Gasteiger partial charge in [0.05, 0.1) is 0 Å². The first kappa shape index (κ1) is 17.0. The van der Waals surface area contributed by atoms with Gasteiger partial charge in [-0.15, -0.1) is 0 Å². The van der Waals surface area contributed by atoms with Crippen LogP contribution in [-0.2, 0) is 6.54 Å². The summed E-state index contributed by atoms with van der Waals surface area (Å²) in [5, 5.41) is 2.61. The number of amides is 1. The van der Waals surface area contributed by atoms with E-state index in [9.17, 15) is 13.6 Å². The van der Waals surface area contributed by atoms with Crippen molar-refractivity contribution in [1.82, 2.24) is 5.32 Å². The smallest absolute Gasteiger partial charge is 0.387 e. The number of hydrogen-bond donors (Lipinski definition) is 1. The number of rotatable bonds is 5. The van der Waals surface area contributed by atoms with Crippen molar-refractivity contribution < 1.29 is 22.7 Å². The molecule has 4 nitrogen and oxygen atoms in total. The van der Waals surface area contributed by atoms with Gasteiger partial charge in [-0.05, 0) is 47.1 Å². The van der Waals surface area contributed by atoms with Gasteiger partial charge in [-0.1, -0.05) is 15.9 Å². The van der Waals surface area contributed by atoms with Crippen LogP contribution in [-0.4, -0.2) is 12.5 Å². The second-order valence-corrected chi connectivity index (χ2v) is 6.07. The highest BCUT2D eigenvalue weighted by molar-refractivity contribution is 9.10. The maximum atomic E-state index is 12.4. The van der Waals surface area contributed by atoms with Gasteiger partial charge in [0.25, 0.3) is 5.91 Å². The van der Waals surface area contributed by atoms with Crippen molar-refractivity contribution in [3.63, 3.8) is 0 Å². The molecule has 22 heavy (non-hydrogen) atoms. The van der Waals surface area contributed by atoms with E-state index in [1.807, 2.05) is 0 Å². The summed E-state index contributed by atoms with van der Waals surface area (Å²) in [6.07, 6.45) is 0. The Kier molecular flexibility index (Phi) is 5.57. The Balaban J connectivity index is 2.12. The van der Waals surface area contributed by atoms with E-state index in [4.69, 9.17) is 4.42 Å². The number of carbonyl (C=O) groups is 1. The average molecular weight is 439 g/mol. The number of hydrogen-bond acceptors (Lipinski definition) is 3. The Morgan fingerprint density at radius 2 is 2.09 bits per heavy atom. The number of furan rings is 1. The number of benzene rings is 1. The van der Waals surface area contributed by atoms with Crippen LogP contribution in [0.15, 0.2) is 37.8 Å². The lowest BCUT2D eigenvalue weighted by molar-refractivity contribution is -0.0504. The topological polar surface area (TPSA) is 51.5 Å². The fraction of sp³-hybridized carbons (Fsp3) is 0.214. The summed E-state index contributed by atoms with van der Waals surface area (Å²) in [5.41, 5.74) is 1.09. The molecule has 0 saturated heterocycles. The molecule has 0 saturated carbocycles. The first-order valence-corrected chi connectivity index (χ1v) is 7.73. The average Bonchev–Trinajstić information content (AvgIpc) is 2.77. The molecule has 1 aromatic heterocycles. The summed E-state index contributed by atoms with van der Waals surface area (Å²) >= 11 is 6.39. The number of alkyl halides is 2. The van der Waals surface area contributed by atoms with Gasteiger partial charge in [-0.25, -0.2) is 0 Å². The lowest BCUT2D eigenvalue weighted by Crippen LogP contribution is -2.23. The lowest BCUT2D eigenvalue weighted by atomic mass is 10.2. The highest BCUT2D eigenvalue weighted by Gasteiger charge is 2.16. The minimum Gasteiger partial charge on any atom is -0.444 e. The maximum absolute atomic E-state index is 12.4. The zero-order chi connectivity index (χ0) is 16.3. The van der Waals surface area contributed by atoms with Crippen LogP contribution in [0.5, 0.6) is 5.75 Å². The number of carbonyl (C=O) groups excluding carboxylic acids is 1. The summed E-state index contributed by atoms with van der Waals surface area (Å²) < 4.78 is 35.5. The third-order valence-electron chi connectivity index (χ3n) is 2.77. The predicted octanol–water partition coefficient (Wildman–Crippen LogP) is 4.64. The molecular formula is C14H11Br2F2NO3. The van der Waals surface area contributed by atoms with Crippen molar-refractivity contribution in [3.8, 4) is 5.75 Å². The molecule has 1 heterocycles. The summed E-state index contributed by atoms with van der Waals surface area (Å²) in [6.45, 7) is -1.18. The van der Waals surface area contributed by atoms with Crippen molar-refractivity contribution in [1.29, 1.82) is 0 Å². The van der Waals surface area contributed by atoms with Crippen molar-refractivity contribution in [3.05, 3.63) is 50.3 Å². The summed E-state index contributed by atoms with van der Waals surface area (Å²) in [5.74, 6) is -0.264. The van der Waals surface area contributed by atoms with Crippen LogP contribution in [0.3, 0.4) is 0 Å². The highest BCUT2D eigenvalue weighted by atomic mass is 79.9. The van der Waals surface area contributed by atoms with Crippen LogP contribution in [0.2, 0.25) is 0 Å². The van der Waals surface area contributed by atoms with Gasteiger partial charge >= 0.3 is 6.61 Å². The van der Waals surface area contributed by atoms with Crippen LogP contribution in [0.25, 0.3) is 0 Å². The zero-order valence-electron chi connectivity index (χ0n) is 11.3. The van der Waals surface area contributed by atoms with E-state index in [0.717, 1.165) is 0 Å². The Bertz CT molecular complexity index is 689. The minimum absolute atomic E-state index is 0.0100. The Morgan fingerprint density at radius 3 is 2.68 bits per heavy atom. The predicted molar refractivity (Wildman–Crippen MR) is 83.1 cm³/mol. The van der Waals surface area contributed by atoms with Crippen molar-refractivity contribution in [2.24, 2.45) is 0 Å². The van der Waals surface area contributed by atoms with E-state index in [2.05, 4.69) is 41.9 Å². The van der Waals surface area contributed by atoms with E-state index in [1.54, 1.807) is 25.1 Å². The van der Waals surface area contributed by atoms with Gasteiger partial charge in [0.15, 0.2) is 10.4 Å². The molecule has 0 unspecified atom stereocenters. The van der Waals surface area contributed by atoms with Crippen molar-refractivity contribution in [2.45, 2.75) is 20.1 Å². The second-order valence-electron chi connectivity index (χ2n) is 4.38. The van der Waals surface area contributed by atoms with E-state index in [1.165, 1.54) is 6.07 Å². The molecule has 0 aliphatic carbocycles. The van der Waals surface area contributed by atoms with Crippen LogP contribution >= 0.6 is 31.9 Å².